The number of ether oxygens (including phenoxy) is 1. The van der Waals surface area contributed by atoms with Crippen molar-refractivity contribution in [2.75, 3.05) is 26.8 Å². The van der Waals surface area contributed by atoms with Crippen molar-refractivity contribution in [3.8, 4) is 0 Å². The number of nitrogens with zero attached hydrogens (tertiary/aromatic N) is 1. The number of amides is 2. The Morgan fingerprint density at radius 3 is 2.80 bits per heavy atom. The second kappa shape index (κ2) is 6.74. The fourth-order valence-corrected chi connectivity index (χ4v) is 2.48. The van der Waals surface area contributed by atoms with E-state index in [1.807, 2.05) is 6.08 Å². The van der Waals surface area contributed by atoms with Gasteiger partial charge in [0.25, 0.3) is 0 Å². The van der Waals surface area contributed by atoms with Gasteiger partial charge in [0.2, 0.25) is 0 Å². The Morgan fingerprint density at radius 2 is 2.30 bits per heavy atom. The Labute approximate surface area is 118 Å². The molecule has 1 saturated carbocycles. The number of aliphatic carboxylic acids is 1. The SMILES string of the molecule is COCC1=CCN(C(=O)NC(CC(=O)O)C2CC2)CC1. The van der Waals surface area contributed by atoms with Gasteiger partial charge in [-0.1, -0.05) is 6.08 Å². The molecule has 1 aliphatic heterocycles. The summed E-state index contributed by atoms with van der Waals surface area (Å²) >= 11 is 0. The largest absolute Gasteiger partial charge is 0.481 e. The average Bonchev–Trinajstić information content (AvgIpc) is 3.23. The van der Waals surface area contributed by atoms with Crippen LogP contribution in [0.1, 0.15) is 25.7 Å². The highest BCUT2D eigenvalue weighted by molar-refractivity contribution is 5.76. The number of urea groups is 1. The van der Waals surface area contributed by atoms with Gasteiger partial charge in [-0.3, -0.25) is 4.79 Å². The number of nitrogens with one attached hydrogen (secondary N) is 1. The van der Waals surface area contributed by atoms with Crippen molar-refractivity contribution in [3.05, 3.63) is 11.6 Å². The van der Waals surface area contributed by atoms with Crippen LogP contribution in [0.25, 0.3) is 0 Å². The summed E-state index contributed by atoms with van der Waals surface area (Å²) in [6.45, 7) is 1.83. The van der Waals surface area contributed by atoms with Crippen LogP contribution in [0.15, 0.2) is 11.6 Å². The lowest BCUT2D eigenvalue weighted by molar-refractivity contribution is -0.137. The topological polar surface area (TPSA) is 78.9 Å². The summed E-state index contributed by atoms with van der Waals surface area (Å²) in [6.07, 6.45) is 4.85. The van der Waals surface area contributed by atoms with Gasteiger partial charge >= 0.3 is 12.0 Å². The minimum Gasteiger partial charge on any atom is -0.481 e. The Bertz CT molecular complexity index is 404. The third kappa shape index (κ3) is 4.23. The van der Waals surface area contributed by atoms with Crippen LogP contribution in [0.3, 0.4) is 0 Å². The fourth-order valence-electron chi connectivity index (χ4n) is 2.48. The molecule has 0 spiro atoms. The van der Waals surface area contributed by atoms with E-state index in [0.717, 1.165) is 19.3 Å². The summed E-state index contributed by atoms with van der Waals surface area (Å²) in [5, 5.41) is 11.8. The predicted octanol–water partition coefficient (Wildman–Crippen LogP) is 1.23. The van der Waals surface area contributed by atoms with E-state index in [-0.39, 0.29) is 18.5 Å². The van der Waals surface area contributed by atoms with Crippen LogP contribution in [0.4, 0.5) is 4.79 Å². The van der Waals surface area contributed by atoms with Crippen LogP contribution in [-0.2, 0) is 9.53 Å². The van der Waals surface area contributed by atoms with Crippen molar-refractivity contribution in [1.82, 2.24) is 10.2 Å². The number of carbonyl (C=O) groups excluding carboxylic acids is 1. The zero-order valence-electron chi connectivity index (χ0n) is 11.8. The first-order chi connectivity index (χ1) is 9.60. The Kier molecular flexibility index (Phi) is 5.00. The molecule has 1 heterocycles. The maximum Gasteiger partial charge on any atom is 0.317 e. The first-order valence-corrected chi connectivity index (χ1v) is 7.04. The molecule has 6 heteroatoms. The lowest BCUT2D eigenvalue weighted by atomic mass is 10.1. The van der Waals surface area contributed by atoms with E-state index in [0.29, 0.717) is 25.6 Å². The van der Waals surface area contributed by atoms with Gasteiger partial charge in [-0.2, -0.15) is 0 Å². The first kappa shape index (κ1) is 14.8. The summed E-state index contributed by atoms with van der Waals surface area (Å²) in [6, 6.07) is -0.389. The van der Waals surface area contributed by atoms with Crippen LogP contribution in [-0.4, -0.2) is 54.9 Å². The Balaban J connectivity index is 1.83. The molecule has 1 atom stereocenters. The smallest absolute Gasteiger partial charge is 0.317 e. The van der Waals surface area contributed by atoms with Gasteiger partial charge in [0.05, 0.1) is 13.0 Å². The van der Waals surface area contributed by atoms with Crippen LogP contribution < -0.4 is 5.32 Å². The highest BCUT2D eigenvalue weighted by Gasteiger charge is 2.34. The van der Waals surface area contributed by atoms with Crippen molar-refractivity contribution in [2.24, 2.45) is 5.92 Å². The quantitative estimate of drug-likeness (QED) is 0.718. The molecule has 2 aliphatic rings. The molecule has 2 N–H and O–H groups in total. The van der Waals surface area contributed by atoms with Crippen LogP contribution in [0.2, 0.25) is 0 Å². The second-order valence-electron chi connectivity index (χ2n) is 5.48. The standard InChI is InChI=1S/C14H22N2O4/c1-20-9-10-4-6-16(7-5-10)14(19)15-12(8-13(17)18)11-2-3-11/h4,11-12H,2-3,5-9H2,1H3,(H,15,19)(H,17,18). The highest BCUT2D eigenvalue weighted by Crippen LogP contribution is 2.34. The zero-order valence-corrected chi connectivity index (χ0v) is 11.8. The average molecular weight is 282 g/mol. The molecule has 1 fully saturated rings. The van der Waals surface area contributed by atoms with Crippen LogP contribution in [0.5, 0.6) is 0 Å². The summed E-state index contributed by atoms with van der Waals surface area (Å²) in [5.41, 5.74) is 1.21. The Hall–Kier alpha value is -1.56. The van der Waals surface area contributed by atoms with Crippen molar-refractivity contribution >= 4 is 12.0 Å². The van der Waals surface area contributed by atoms with Crippen molar-refractivity contribution < 1.29 is 19.4 Å². The van der Waals surface area contributed by atoms with Gasteiger partial charge < -0.3 is 20.1 Å². The molecule has 0 aromatic rings. The number of rotatable bonds is 6. The van der Waals surface area contributed by atoms with E-state index >= 15 is 0 Å². The molecule has 20 heavy (non-hydrogen) atoms. The minimum atomic E-state index is -0.858. The highest BCUT2D eigenvalue weighted by atomic mass is 16.5. The van der Waals surface area contributed by atoms with Crippen molar-refractivity contribution in [2.45, 2.75) is 31.7 Å². The molecule has 112 valence electrons. The molecular weight excluding hydrogens is 260 g/mol. The normalized spacial score (nSPS) is 20.2. The zero-order chi connectivity index (χ0) is 14.5. The summed E-state index contributed by atoms with van der Waals surface area (Å²) in [5.74, 6) is -0.525. The molecule has 2 amide bonds. The lowest BCUT2D eigenvalue weighted by Crippen LogP contribution is -2.47. The van der Waals surface area contributed by atoms with Gasteiger partial charge in [-0.25, -0.2) is 4.79 Å². The van der Waals surface area contributed by atoms with E-state index in [2.05, 4.69) is 5.32 Å². The van der Waals surface area contributed by atoms with E-state index < -0.39 is 5.97 Å². The molecule has 0 radical (unpaired) electrons. The van der Waals surface area contributed by atoms with Gasteiger partial charge in [-0.05, 0) is 30.8 Å². The number of hydrogen-bond donors (Lipinski definition) is 2. The van der Waals surface area contributed by atoms with E-state index in [1.165, 1.54) is 5.57 Å². The number of hydrogen-bond acceptors (Lipinski definition) is 3. The monoisotopic (exact) mass is 282 g/mol. The number of carboxylic acid groups (broad SMARTS) is 1. The van der Waals surface area contributed by atoms with Gasteiger partial charge in [0.15, 0.2) is 0 Å². The fraction of sp³-hybridized carbons (Fsp3) is 0.714. The number of methoxy groups -OCH3 is 1. The summed E-state index contributed by atoms with van der Waals surface area (Å²) in [4.78, 5) is 24.7. The molecule has 1 aliphatic carbocycles. The molecule has 2 rings (SSSR count). The first-order valence-electron chi connectivity index (χ1n) is 7.04. The molecule has 0 aromatic heterocycles. The van der Waals surface area contributed by atoms with Gasteiger partial charge in [-0.15, -0.1) is 0 Å². The van der Waals surface area contributed by atoms with E-state index in [9.17, 15) is 9.59 Å². The third-order valence-electron chi connectivity index (χ3n) is 3.81. The van der Waals surface area contributed by atoms with Gasteiger partial charge in [0.1, 0.15) is 0 Å². The number of carbonyl (C=O) groups is 2. The van der Waals surface area contributed by atoms with Crippen LogP contribution >= 0.6 is 0 Å². The lowest BCUT2D eigenvalue weighted by Gasteiger charge is -2.28. The summed E-state index contributed by atoms with van der Waals surface area (Å²) in [7, 11) is 1.66. The maximum absolute atomic E-state index is 12.1. The molecule has 1 unspecified atom stereocenters. The van der Waals surface area contributed by atoms with Crippen molar-refractivity contribution in [1.29, 1.82) is 0 Å². The summed E-state index contributed by atoms with van der Waals surface area (Å²) < 4.78 is 5.07. The molecule has 6 nitrogen and oxygen atoms in total. The van der Waals surface area contributed by atoms with Crippen molar-refractivity contribution in [3.63, 3.8) is 0 Å². The molecule has 0 bridgehead atoms. The second-order valence-corrected chi connectivity index (χ2v) is 5.48. The van der Waals surface area contributed by atoms with E-state index in [4.69, 9.17) is 9.84 Å². The van der Waals surface area contributed by atoms with Gasteiger partial charge in [0, 0.05) is 26.2 Å². The Morgan fingerprint density at radius 1 is 1.55 bits per heavy atom. The molecular formula is C14H22N2O4. The third-order valence-corrected chi connectivity index (χ3v) is 3.81. The number of carboxylic acids is 1. The minimum absolute atomic E-state index is 0.00894. The predicted molar refractivity (Wildman–Crippen MR) is 73.4 cm³/mol. The maximum atomic E-state index is 12.1. The van der Waals surface area contributed by atoms with E-state index in [1.54, 1.807) is 12.0 Å². The molecule has 0 saturated heterocycles. The van der Waals surface area contributed by atoms with Crippen LogP contribution in [0, 0.1) is 5.92 Å². The molecule has 0 aromatic carbocycles.